The van der Waals surface area contributed by atoms with Gasteiger partial charge in [-0.2, -0.15) is 11.8 Å². The first kappa shape index (κ1) is 14.8. The lowest BCUT2D eigenvalue weighted by atomic mass is 10.0. The van der Waals surface area contributed by atoms with Crippen molar-refractivity contribution < 1.29 is 9.53 Å². The van der Waals surface area contributed by atoms with Crippen molar-refractivity contribution in [2.45, 2.75) is 56.7 Å². The van der Waals surface area contributed by atoms with Gasteiger partial charge >= 0.3 is 5.97 Å². The van der Waals surface area contributed by atoms with Crippen LogP contribution in [-0.2, 0) is 9.53 Å². The first-order valence-electron chi connectivity index (χ1n) is 6.56. The lowest BCUT2D eigenvalue weighted by Gasteiger charge is -2.26. The number of thioether (sulfide) groups is 1. The van der Waals surface area contributed by atoms with Gasteiger partial charge in [-0.3, -0.25) is 4.79 Å². The van der Waals surface area contributed by atoms with Crippen molar-refractivity contribution in [3.05, 3.63) is 0 Å². The zero-order chi connectivity index (χ0) is 12.7. The highest BCUT2D eigenvalue weighted by Gasteiger charge is 2.31. The number of rotatable bonds is 7. The van der Waals surface area contributed by atoms with Crippen molar-refractivity contribution in [2.24, 2.45) is 0 Å². The molecule has 2 unspecified atom stereocenters. The van der Waals surface area contributed by atoms with Crippen LogP contribution < -0.4 is 5.32 Å². The average Bonchev–Trinajstić information content (AvgIpc) is 2.76. The molecule has 0 amide bonds. The Labute approximate surface area is 109 Å². The van der Waals surface area contributed by atoms with E-state index in [0.717, 1.165) is 25.8 Å². The molecule has 1 aliphatic heterocycles. The summed E-state index contributed by atoms with van der Waals surface area (Å²) in [5, 5.41) is 3.39. The van der Waals surface area contributed by atoms with Gasteiger partial charge < -0.3 is 10.1 Å². The maximum Gasteiger partial charge on any atom is 0.322 e. The van der Waals surface area contributed by atoms with Gasteiger partial charge in [-0.05, 0) is 31.9 Å². The topological polar surface area (TPSA) is 38.3 Å². The monoisotopic (exact) mass is 259 g/mol. The van der Waals surface area contributed by atoms with E-state index in [1.165, 1.54) is 25.7 Å². The summed E-state index contributed by atoms with van der Waals surface area (Å²) in [6.45, 7) is 5.33. The van der Waals surface area contributed by atoms with Gasteiger partial charge in [-0.1, -0.05) is 19.8 Å². The minimum absolute atomic E-state index is 0.120. The second-order valence-electron chi connectivity index (χ2n) is 5.00. The molecule has 0 saturated carbocycles. The number of nitrogens with one attached hydrogen (secondary N) is 1. The van der Waals surface area contributed by atoms with Crippen LogP contribution in [-0.4, -0.2) is 36.2 Å². The molecule has 2 atom stereocenters. The van der Waals surface area contributed by atoms with Crippen molar-refractivity contribution in [3.63, 3.8) is 0 Å². The van der Waals surface area contributed by atoms with Crippen LogP contribution in [0.5, 0.6) is 0 Å². The molecule has 3 nitrogen and oxygen atoms in total. The molecule has 0 aromatic carbocycles. The summed E-state index contributed by atoms with van der Waals surface area (Å²) in [4.78, 5) is 11.6. The van der Waals surface area contributed by atoms with Gasteiger partial charge in [0, 0.05) is 11.3 Å². The molecule has 0 bridgehead atoms. The fourth-order valence-electron chi connectivity index (χ4n) is 2.17. The average molecular weight is 259 g/mol. The van der Waals surface area contributed by atoms with E-state index < -0.39 is 0 Å². The zero-order valence-electron chi connectivity index (χ0n) is 11.3. The van der Waals surface area contributed by atoms with Gasteiger partial charge in [0.25, 0.3) is 0 Å². The molecule has 1 heterocycles. The lowest BCUT2D eigenvalue weighted by molar-refractivity contribution is -0.143. The molecule has 17 heavy (non-hydrogen) atoms. The van der Waals surface area contributed by atoms with E-state index in [0.29, 0.717) is 4.75 Å². The third-order valence-corrected chi connectivity index (χ3v) is 4.89. The predicted octanol–water partition coefficient (Wildman–Crippen LogP) is 2.59. The van der Waals surface area contributed by atoms with E-state index in [4.69, 9.17) is 4.74 Å². The van der Waals surface area contributed by atoms with Crippen molar-refractivity contribution in [1.29, 1.82) is 0 Å². The summed E-state index contributed by atoms with van der Waals surface area (Å²) >= 11 is 2.02. The van der Waals surface area contributed by atoms with Crippen LogP contribution in [0.4, 0.5) is 0 Å². The van der Waals surface area contributed by atoms with E-state index in [-0.39, 0.29) is 12.0 Å². The maximum absolute atomic E-state index is 11.6. The van der Waals surface area contributed by atoms with E-state index in [1.807, 2.05) is 11.8 Å². The zero-order valence-corrected chi connectivity index (χ0v) is 12.1. The number of unbranched alkanes of at least 4 members (excludes halogenated alkanes) is 1. The summed E-state index contributed by atoms with van der Waals surface area (Å²) in [5.41, 5.74) is 0. The Morgan fingerprint density at radius 1 is 1.59 bits per heavy atom. The summed E-state index contributed by atoms with van der Waals surface area (Å²) in [6, 6.07) is -0.127. The summed E-state index contributed by atoms with van der Waals surface area (Å²) in [6.07, 6.45) is 5.59. The summed E-state index contributed by atoms with van der Waals surface area (Å²) in [5.74, 6) is 1.13. The van der Waals surface area contributed by atoms with Gasteiger partial charge in [0.2, 0.25) is 0 Å². The number of esters is 1. The molecular weight excluding hydrogens is 234 g/mol. The molecule has 1 aliphatic rings. The molecule has 100 valence electrons. The SMILES string of the molecule is CCCCC(NCC1(C)CCCS1)C(=O)OC. The van der Waals surface area contributed by atoms with Crippen molar-refractivity contribution in [3.8, 4) is 0 Å². The fraction of sp³-hybridized carbons (Fsp3) is 0.923. The number of carbonyl (C=O) groups excluding carboxylic acids is 1. The molecule has 0 aromatic heterocycles. The molecule has 1 N–H and O–H groups in total. The Balaban J connectivity index is 2.39. The third-order valence-electron chi connectivity index (χ3n) is 3.35. The van der Waals surface area contributed by atoms with Crippen LogP contribution >= 0.6 is 11.8 Å². The molecule has 0 spiro atoms. The first-order valence-corrected chi connectivity index (χ1v) is 7.55. The second-order valence-corrected chi connectivity index (χ2v) is 6.68. The number of methoxy groups -OCH3 is 1. The Hall–Kier alpha value is -0.220. The lowest BCUT2D eigenvalue weighted by Crippen LogP contribution is -2.44. The smallest absolute Gasteiger partial charge is 0.322 e. The molecule has 0 aromatic rings. The first-order chi connectivity index (χ1) is 8.11. The van der Waals surface area contributed by atoms with Crippen LogP contribution in [0.3, 0.4) is 0 Å². The molecule has 4 heteroatoms. The van der Waals surface area contributed by atoms with Crippen LogP contribution in [0.25, 0.3) is 0 Å². The minimum Gasteiger partial charge on any atom is -0.468 e. The van der Waals surface area contributed by atoms with Crippen LogP contribution in [0, 0.1) is 0 Å². The second kappa shape index (κ2) is 7.27. The van der Waals surface area contributed by atoms with Crippen LogP contribution in [0.2, 0.25) is 0 Å². The van der Waals surface area contributed by atoms with Gasteiger partial charge in [0.1, 0.15) is 6.04 Å². The number of hydrogen-bond donors (Lipinski definition) is 1. The van der Waals surface area contributed by atoms with E-state index in [9.17, 15) is 4.79 Å². The predicted molar refractivity (Wildman–Crippen MR) is 73.4 cm³/mol. The Bertz CT molecular complexity index is 240. The molecule has 1 fully saturated rings. The number of hydrogen-bond acceptors (Lipinski definition) is 4. The number of ether oxygens (including phenoxy) is 1. The summed E-state index contributed by atoms with van der Waals surface area (Å²) < 4.78 is 5.15. The summed E-state index contributed by atoms with van der Waals surface area (Å²) in [7, 11) is 1.47. The van der Waals surface area contributed by atoms with Gasteiger partial charge in [-0.15, -0.1) is 0 Å². The Morgan fingerprint density at radius 3 is 2.88 bits per heavy atom. The van der Waals surface area contributed by atoms with E-state index in [2.05, 4.69) is 19.2 Å². The molecule has 1 saturated heterocycles. The van der Waals surface area contributed by atoms with Gasteiger partial charge in [-0.25, -0.2) is 0 Å². The Kier molecular flexibility index (Phi) is 6.34. The highest BCUT2D eigenvalue weighted by molar-refractivity contribution is 8.00. The third kappa shape index (κ3) is 4.88. The molecule has 0 aliphatic carbocycles. The van der Waals surface area contributed by atoms with Crippen molar-refractivity contribution in [1.82, 2.24) is 5.32 Å². The van der Waals surface area contributed by atoms with Gasteiger partial charge in [0.15, 0.2) is 0 Å². The van der Waals surface area contributed by atoms with Crippen LogP contribution in [0.15, 0.2) is 0 Å². The fourth-order valence-corrected chi connectivity index (χ4v) is 3.42. The standard InChI is InChI=1S/C13H25NO2S/c1-4-5-7-11(12(15)16-3)14-10-13(2)8-6-9-17-13/h11,14H,4-10H2,1-3H3. The quantitative estimate of drug-likeness (QED) is 0.713. The molecular formula is C13H25NO2S. The van der Waals surface area contributed by atoms with E-state index in [1.54, 1.807) is 0 Å². The molecule has 1 rings (SSSR count). The van der Waals surface area contributed by atoms with Crippen molar-refractivity contribution >= 4 is 17.7 Å². The normalized spacial score (nSPS) is 25.8. The van der Waals surface area contributed by atoms with E-state index >= 15 is 0 Å². The highest BCUT2D eigenvalue weighted by atomic mass is 32.2. The largest absolute Gasteiger partial charge is 0.468 e. The van der Waals surface area contributed by atoms with Crippen molar-refractivity contribution in [2.75, 3.05) is 19.4 Å². The number of carbonyl (C=O) groups is 1. The minimum atomic E-state index is -0.127. The Morgan fingerprint density at radius 2 is 2.35 bits per heavy atom. The molecule has 0 radical (unpaired) electrons. The van der Waals surface area contributed by atoms with Gasteiger partial charge in [0.05, 0.1) is 7.11 Å². The maximum atomic E-state index is 11.6. The van der Waals surface area contributed by atoms with Crippen LogP contribution in [0.1, 0.15) is 46.0 Å². The highest BCUT2D eigenvalue weighted by Crippen LogP contribution is 2.37.